The number of carbonyl (C=O) groups is 1. The lowest BCUT2D eigenvalue weighted by molar-refractivity contribution is -0.116. The van der Waals surface area contributed by atoms with E-state index in [2.05, 4.69) is 20.6 Å². The van der Waals surface area contributed by atoms with Gasteiger partial charge in [-0.3, -0.25) is 4.79 Å². The van der Waals surface area contributed by atoms with Gasteiger partial charge in [0, 0.05) is 28.8 Å². The number of aromatic nitrogens is 2. The highest BCUT2D eigenvalue weighted by Crippen LogP contribution is 2.36. The number of anilines is 3. The van der Waals surface area contributed by atoms with Gasteiger partial charge in [0.05, 0.1) is 28.6 Å². The molecule has 1 amide bonds. The fraction of sp³-hybridized carbons (Fsp3) is 0.318. The van der Waals surface area contributed by atoms with Crippen LogP contribution in [-0.2, 0) is 13.7 Å². The molecule has 0 bridgehead atoms. The number of halogens is 2. The SMILES string of the molecule is O=C(CC1CCS(=O)(=O)S1)Nc1cc2c(Nc3ccc(F)c(Cl)c3)ncnc2cc1OCC(O)CO. The van der Waals surface area contributed by atoms with E-state index < -0.39 is 33.3 Å². The quantitative estimate of drug-likeness (QED) is 0.289. The Kier molecular flexibility index (Phi) is 8.15. The van der Waals surface area contributed by atoms with Crippen molar-refractivity contribution in [1.29, 1.82) is 0 Å². The predicted molar refractivity (Wildman–Crippen MR) is 136 cm³/mol. The Morgan fingerprint density at radius 1 is 1.31 bits per heavy atom. The zero-order chi connectivity index (χ0) is 25.9. The van der Waals surface area contributed by atoms with Gasteiger partial charge in [0.15, 0.2) is 0 Å². The second-order valence-corrected chi connectivity index (χ2v) is 12.9. The number of hydrogen-bond donors (Lipinski definition) is 4. The van der Waals surface area contributed by atoms with Crippen molar-refractivity contribution in [2.75, 3.05) is 29.6 Å². The number of amides is 1. The fourth-order valence-electron chi connectivity index (χ4n) is 3.47. The summed E-state index contributed by atoms with van der Waals surface area (Å²) in [7, 11) is -2.42. The van der Waals surface area contributed by atoms with Crippen LogP contribution in [0.5, 0.6) is 5.75 Å². The van der Waals surface area contributed by atoms with Gasteiger partial charge in [-0.05, 0) is 41.5 Å². The normalized spacial score (nSPS) is 17.6. The molecule has 4 rings (SSSR count). The van der Waals surface area contributed by atoms with E-state index in [9.17, 15) is 22.7 Å². The third-order valence-corrected chi connectivity index (χ3v) is 9.41. The summed E-state index contributed by atoms with van der Waals surface area (Å²) in [6.45, 7) is -0.759. The molecule has 10 nitrogen and oxygen atoms in total. The van der Waals surface area contributed by atoms with Crippen molar-refractivity contribution < 1.29 is 32.6 Å². The minimum absolute atomic E-state index is 0.0227. The Morgan fingerprint density at radius 2 is 2.11 bits per heavy atom. The number of aliphatic hydroxyl groups is 2. The Morgan fingerprint density at radius 3 is 2.81 bits per heavy atom. The van der Waals surface area contributed by atoms with Crippen LogP contribution in [-0.4, -0.2) is 64.8 Å². The first kappa shape index (κ1) is 26.4. The number of aliphatic hydroxyl groups excluding tert-OH is 2. The second-order valence-electron chi connectivity index (χ2n) is 8.01. The van der Waals surface area contributed by atoms with Crippen molar-refractivity contribution in [2.45, 2.75) is 24.2 Å². The van der Waals surface area contributed by atoms with Gasteiger partial charge in [0.1, 0.15) is 36.4 Å². The van der Waals surface area contributed by atoms with Gasteiger partial charge < -0.3 is 25.6 Å². The first-order valence-corrected chi connectivity index (χ1v) is 14.2. The van der Waals surface area contributed by atoms with Crippen molar-refractivity contribution in [1.82, 2.24) is 9.97 Å². The van der Waals surface area contributed by atoms with E-state index >= 15 is 0 Å². The number of hydrogen-bond acceptors (Lipinski definition) is 10. The van der Waals surface area contributed by atoms with E-state index in [1.165, 1.54) is 30.6 Å². The molecule has 0 radical (unpaired) electrons. The average Bonchev–Trinajstić information content (AvgIpc) is 3.17. The fourth-order valence-corrected chi connectivity index (χ4v) is 7.63. The molecule has 1 aromatic heterocycles. The number of ether oxygens (including phenoxy) is 1. The van der Waals surface area contributed by atoms with Gasteiger partial charge in [-0.15, -0.1) is 0 Å². The molecule has 2 aromatic carbocycles. The Labute approximate surface area is 214 Å². The summed E-state index contributed by atoms with van der Waals surface area (Å²) < 4.78 is 42.6. The van der Waals surface area contributed by atoms with Gasteiger partial charge >= 0.3 is 0 Å². The standard InChI is InChI=1S/C22H22ClFN4O6S2/c23-16-5-12(1-2-17(16)24)27-22-15-7-19(28-21(31)6-14-3-4-36(32,33)35-14)20(34-10-13(30)9-29)8-18(15)25-11-26-22/h1-2,5,7-8,11,13-14,29-30H,3-4,6,9-10H2,(H,28,31)(H,25,26,27). The van der Waals surface area contributed by atoms with E-state index in [1.807, 2.05) is 0 Å². The van der Waals surface area contributed by atoms with Gasteiger partial charge in [-0.2, -0.15) is 0 Å². The summed E-state index contributed by atoms with van der Waals surface area (Å²) in [5.74, 6) is -0.436. The molecule has 2 unspecified atom stereocenters. The predicted octanol–water partition coefficient (Wildman–Crippen LogP) is 3.06. The molecule has 3 aromatic rings. The van der Waals surface area contributed by atoms with Gasteiger partial charge in [0.25, 0.3) is 0 Å². The van der Waals surface area contributed by atoms with Crippen LogP contribution in [0.1, 0.15) is 12.8 Å². The molecule has 36 heavy (non-hydrogen) atoms. The summed E-state index contributed by atoms with van der Waals surface area (Å²) >= 11 is 5.87. The summed E-state index contributed by atoms with van der Waals surface area (Å²) in [5, 5.41) is 24.6. The van der Waals surface area contributed by atoms with Gasteiger partial charge in [-0.25, -0.2) is 22.8 Å². The Bertz CT molecular complexity index is 1390. The average molecular weight is 557 g/mol. The smallest absolute Gasteiger partial charge is 0.225 e. The molecule has 0 saturated carbocycles. The van der Waals surface area contributed by atoms with Crippen molar-refractivity contribution in [3.05, 3.63) is 47.5 Å². The molecule has 4 N–H and O–H groups in total. The zero-order valence-electron chi connectivity index (χ0n) is 18.6. The van der Waals surface area contributed by atoms with Crippen molar-refractivity contribution in [3.63, 3.8) is 0 Å². The number of carbonyl (C=O) groups excluding carboxylic acids is 1. The number of rotatable bonds is 9. The highest BCUT2D eigenvalue weighted by molar-refractivity contribution is 8.72. The molecule has 1 fully saturated rings. The maximum Gasteiger partial charge on any atom is 0.225 e. The van der Waals surface area contributed by atoms with Crippen LogP contribution in [0.25, 0.3) is 10.9 Å². The van der Waals surface area contributed by atoms with Gasteiger partial charge in [0.2, 0.25) is 14.8 Å². The molecule has 1 aliphatic rings. The highest BCUT2D eigenvalue weighted by atomic mass is 35.5. The number of fused-ring (bicyclic) bond motifs is 1. The van der Waals surface area contributed by atoms with E-state index in [4.69, 9.17) is 21.4 Å². The molecule has 14 heteroatoms. The molecule has 1 saturated heterocycles. The Balaban J connectivity index is 1.64. The summed E-state index contributed by atoms with van der Waals surface area (Å²) in [6.07, 6.45) is 0.519. The lowest BCUT2D eigenvalue weighted by Gasteiger charge is -2.17. The van der Waals surface area contributed by atoms with Crippen LogP contribution in [0.4, 0.5) is 21.6 Å². The molecule has 2 atom stereocenters. The maximum absolute atomic E-state index is 13.5. The largest absolute Gasteiger partial charge is 0.489 e. The Hall–Kier alpha value is -2.71. The van der Waals surface area contributed by atoms with E-state index in [0.717, 1.165) is 10.8 Å². The minimum Gasteiger partial charge on any atom is -0.489 e. The topological polar surface area (TPSA) is 151 Å². The third kappa shape index (κ3) is 6.53. The minimum atomic E-state index is -3.21. The summed E-state index contributed by atoms with van der Waals surface area (Å²) in [5.41, 5.74) is 1.14. The highest BCUT2D eigenvalue weighted by Gasteiger charge is 2.30. The lowest BCUT2D eigenvalue weighted by atomic mass is 10.1. The lowest BCUT2D eigenvalue weighted by Crippen LogP contribution is -2.22. The maximum atomic E-state index is 13.5. The number of nitrogens with zero attached hydrogens (tertiary/aromatic N) is 2. The number of nitrogens with one attached hydrogen (secondary N) is 2. The molecular formula is C22H22ClFN4O6S2. The van der Waals surface area contributed by atoms with E-state index in [1.54, 1.807) is 6.07 Å². The number of benzene rings is 2. The monoisotopic (exact) mass is 556 g/mol. The summed E-state index contributed by atoms with van der Waals surface area (Å²) in [6, 6.07) is 7.20. The van der Waals surface area contributed by atoms with E-state index in [0.29, 0.717) is 28.8 Å². The van der Waals surface area contributed by atoms with Crippen LogP contribution in [0.3, 0.4) is 0 Å². The molecule has 2 heterocycles. The van der Waals surface area contributed by atoms with Crippen LogP contribution in [0, 0.1) is 5.82 Å². The molecule has 0 spiro atoms. The first-order chi connectivity index (χ1) is 17.1. The van der Waals surface area contributed by atoms with E-state index in [-0.39, 0.29) is 40.5 Å². The third-order valence-electron chi connectivity index (χ3n) is 5.22. The first-order valence-electron chi connectivity index (χ1n) is 10.8. The van der Waals surface area contributed by atoms with Crippen LogP contribution >= 0.6 is 22.4 Å². The van der Waals surface area contributed by atoms with Crippen LogP contribution < -0.4 is 15.4 Å². The molecule has 0 aliphatic carbocycles. The van der Waals surface area contributed by atoms with Crippen LogP contribution in [0.15, 0.2) is 36.7 Å². The van der Waals surface area contributed by atoms with Crippen molar-refractivity contribution in [2.24, 2.45) is 0 Å². The van der Waals surface area contributed by atoms with Crippen molar-refractivity contribution >= 4 is 65.3 Å². The molecular weight excluding hydrogens is 535 g/mol. The van der Waals surface area contributed by atoms with Crippen LogP contribution in [0.2, 0.25) is 5.02 Å². The van der Waals surface area contributed by atoms with Crippen molar-refractivity contribution in [3.8, 4) is 5.75 Å². The second kappa shape index (κ2) is 11.1. The zero-order valence-corrected chi connectivity index (χ0v) is 21.0. The molecule has 192 valence electrons. The molecule has 1 aliphatic heterocycles. The summed E-state index contributed by atoms with van der Waals surface area (Å²) in [4.78, 5) is 21.2. The van der Waals surface area contributed by atoms with Gasteiger partial charge in [-0.1, -0.05) is 11.6 Å².